The van der Waals surface area contributed by atoms with Gasteiger partial charge in [-0.05, 0) is 39.3 Å². The normalized spacial score (nSPS) is 19.8. The first kappa shape index (κ1) is 22.6. The van der Waals surface area contributed by atoms with Gasteiger partial charge in [-0.15, -0.1) is 11.3 Å². The molecular weight excluding hydrogens is 458 g/mol. The lowest BCUT2D eigenvalue weighted by atomic mass is 9.88. The Kier molecular flexibility index (Phi) is 5.68. The van der Waals surface area contributed by atoms with Crippen molar-refractivity contribution in [3.05, 3.63) is 29.3 Å². The molecule has 10 nitrogen and oxygen atoms in total. The van der Waals surface area contributed by atoms with Crippen LogP contribution in [0.4, 0.5) is 10.8 Å². The Bertz CT molecular complexity index is 1210. The summed E-state index contributed by atoms with van der Waals surface area (Å²) >= 11 is 1.48. The number of nitrogens with one attached hydrogen (secondary N) is 1. The van der Waals surface area contributed by atoms with Gasteiger partial charge in [0.1, 0.15) is 16.1 Å². The van der Waals surface area contributed by atoms with E-state index in [2.05, 4.69) is 10.3 Å². The number of hydrogen-bond acceptors (Lipinski definition) is 9. The van der Waals surface area contributed by atoms with Crippen LogP contribution in [0, 0.1) is 0 Å². The van der Waals surface area contributed by atoms with E-state index in [0.717, 1.165) is 17.0 Å². The lowest BCUT2D eigenvalue weighted by Crippen LogP contribution is -2.70. The third-order valence-electron chi connectivity index (χ3n) is 5.91. The Balaban J connectivity index is 1.44. The van der Waals surface area contributed by atoms with Gasteiger partial charge in [-0.25, -0.2) is 9.78 Å². The second-order valence-electron chi connectivity index (χ2n) is 9.49. The maximum absolute atomic E-state index is 12.7. The molecule has 3 aromatic rings. The largest absolute Gasteiger partial charge is 0.444 e. The molecule has 2 N–H and O–H groups in total. The average molecular weight is 486 g/mol. The Labute approximate surface area is 200 Å². The first-order valence-electron chi connectivity index (χ1n) is 11.2. The van der Waals surface area contributed by atoms with E-state index in [4.69, 9.17) is 19.2 Å². The number of aromatic nitrogens is 2. The minimum atomic E-state index is -0.541. The van der Waals surface area contributed by atoms with Crippen LogP contribution in [-0.2, 0) is 4.74 Å². The molecule has 34 heavy (non-hydrogen) atoms. The Morgan fingerprint density at radius 3 is 2.71 bits per heavy atom. The molecule has 2 atom stereocenters. The summed E-state index contributed by atoms with van der Waals surface area (Å²) in [6, 6.07) is 3.97. The van der Waals surface area contributed by atoms with Crippen LogP contribution in [0.2, 0.25) is 0 Å². The summed E-state index contributed by atoms with van der Waals surface area (Å²) in [5.74, 6) is -0.331. The zero-order valence-corrected chi connectivity index (χ0v) is 20.1. The molecule has 2 unspecified atom stereocenters. The molecule has 0 radical (unpaired) electrons. The third-order valence-corrected chi connectivity index (χ3v) is 6.71. The summed E-state index contributed by atoms with van der Waals surface area (Å²) in [5.41, 5.74) is 1.53. The average Bonchev–Trinajstić information content (AvgIpc) is 3.46. The number of benzene rings is 1. The van der Waals surface area contributed by atoms with Gasteiger partial charge >= 0.3 is 6.09 Å². The summed E-state index contributed by atoms with van der Waals surface area (Å²) < 4.78 is 11.8. The highest BCUT2D eigenvalue weighted by molar-refractivity contribution is 7.13. The van der Waals surface area contributed by atoms with Crippen molar-refractivity contribution in [1.82, 2.24) is 20.2 Å². The number of anilines is 1. The van der Waals surface area contributed by atoms with Crippen molar-refractivity contribution in [1.29, 1.82) is 0 Å². The number of ether oxygens (including phenoxy) is 1. The number of thiazole rings is 1. The van der Waals surface area contributed by atoms with Crippen LogP contribution in [0.1, 0.15) is 37.6 Å². The first-order valence-corrected chi connectivity index (χ1v) is 12.1. The van der Waals surface area contributed by atoms with Crippen molar-refractivity contribution in [2.24, 2.45) is 0 Å². The van der Waals surface area contributed by atoms with E-state index in [1.807, 2.05) is 37.1 Å². The van der Waals surface area contributed by atoms with Gasteiger partial charge in [0.25, 0.3) is 11.9 Å². The van der Waals surface area contributed by atoms with Crippen LogP contribution in [0.3, 0.4) is 0 Å². The number of amides is 2. The van der Waals surface area contributed by atoms with Gasteiger partial charge in [0.05, 0.1) is 29.8 Å². The summed E-state index contributed by atoms with van der Waals surface area (Å²) in [4.78, 5) is 38.2. The topological polar surface area (TPSA) is 121 Å². The highest BCUT2D eigenvalue weighted by Crippen LogP contribution is 2.39. The van der Waals surface area contributed by atoms with Gasteiger partial charge in [-0.1, -0.05) is 0 Å². The predicted molar refractivity (Wildman–Crippen MR) is 127 cm³/mol. The van der Waals surface area contributed by atoms with E-state index in [0.29, 0.717) is 35.8 Å². The number of hydrogen-bond donors (Lipinski definition) is 2. The number of rotatable bonds is 5. The summed E-state index contributed by atoms with van der Waals surface area (Å²) in [6.07, 6.45) is 2.34. The fourth-order valence-electron chi connectivity index (χ4n) is 4.48. The Hall–Kier alpha value is -3.18. The molecule has 2 amide bonds. The molecule has 2 aromatic heterocycles. The minimum absolute atomic E-state index is 0.0226. The SMILES string of the molecule is CC(C)(C)OC(=O)N1C2CC1CN(c1nc3c(C(=O)NCCO)ccc(-c4nccs4)c3o1)C2. The summed E-state index contributed by atoms with van der Waals surface area (Å²) in [5, 5.41) is 14.4. The fraction of sp³-hybridized carbons (Fsp3) is 0.478. The van der Waals surface area contributed by atoms with E-state index in [1.165, 1.54) is 11.3 Å². The van der Waals surface area contributed by atoms with Crippen LogP contribution >= 0.6 is 11.3 Å². The second-order valence-corrected chi connectivity index (χ2v) is 10.4. The van der Waals surface area contributed by atoms with Crippen LogP contribution in [-0.4, -0.2) is 75.9 Å². The summed E-state index contributed by atoms with van der Waals surface area (Å²) in [6.45, 7) is 6.72. The predicted octanol–water partition coefficient (Wildman–Crippen LogP) is 2.87. The van der Waals surface area contributed by atoms with E-state index in [-0.39, 0.29) is 37.2 Å². The Morgan fingerprint density at radius 2 is 2.06 bits per heavy atom. The van der Waals surface area contributed by atoms with Crippen molar-refractivity contribution >= 4 is 40.5 Å². The molecule has 3 fully saturated rings. The molecule has 6 rings (SSSR count). The molecular formula is C23H27N5O5S. The molecule has 3 saturated heterocycles. The zero-order valence-electron chi connectivity index (χ0n) is 19.3. The molecule has 11 heteroatoms. The quantitative estimate of drug-likeness (QED) is 0.566. The molecule has 180 valence electrons. The minimum Gasteiger partial charge on any atom is -0.444 e. The number of fused-ring (bicyclic) bond motifs is 3. The van der Waals surface area contributed by atoms with Gasteiger partial charge in [0.2, 0.25) is 0 Å². The number of nitrogens with zero attached hydrogens (tertiary/aromatic N) is 4. The number of carbonyl (C=O) groups excluding carboxylic acids is 2. The number of aliphatic hydroxyl groups excluding tert-OH is 1. The highest BCUT2D eigenvalue weighted by atomic mass is 32.1. The van der Waals surface area contributed by atoms with Crippen molar-refractivity contribution in [3.8, 4) is 10.6 Å². The lowest BCUT2D eigenvalue weighted by Gasteiger charge is -2.55. The van der Waals surface area contributed by atoms with Gasteiger partial charge in [0, 0.05) is 31.2 Å². The number of piperazine rings is 1. The van der Waals surface area contributed by atoms with Crippen LogP contribution in [0.15, 0.2) is 28.1 Å². The molecule has 3 aliphatic rings. The number of aliphatic hydroxyl groups is 1. The van der Waals surface area contributed by atoms with Crippen molar-refractivity contribution in [2.45, 2.75) is 44.9 Å². The number of oxazole rings is 1. The molecule has 1 aromatic carbocycles. The van der Waals surface area contributed by atoms with Crippen molar-refractivity contribution < 1.29 is 23.8 Å². The standard InChI is InChI=1S/C23H27N5O5S/c1-23(2,3)33-22(31)28-13-10-14(28)12-27(11-13)21-26-17-15(19(30)24-6-8-29)4-5-16(18(17)32-21)20-25-7-9-34-20/h4-5,7,9,13-14,29H,6,8,10-12H2,1-3H3,(H,24,30). The van der Waals surface area contributed by atoms with E-state index >= 15 is 0 Å². The molecule has 2 bridgehead atoms. The second kappa shape index (κ2) is 8.55. The lowest BCUT2D eigenvalue weighted by molar-refractivity contribution is -0.0386. The van der Waals surface area contributed by atoms with Crippen LogP contribution < -0.4 is 10.2 Å². The molecule has 5 heterocycles. The van der Waals surface area contributed by atoms with Gasteiger partial charge < -0.3 is 24.5 Å². The maximum atomic E-state index is 12.7. The molecule has 3 aliphatic heterocycles. The molecule has 0 spiro atoms. The third kappa shape index (κ3) is 4.09. The fourth-order valence-corrected chi connectivity index (χ4v) is 5.14. The summed E-state index contributed by atoms with van der Waals surface area (Å²) in [7, 11) is 0. The Morgan fingerprint density at radius 1 is 1.29 bits per heavy atom. The first-order chi connectivity index (χ1) is 16.2. The maximum Gasteiger partial charge on any atom is 0.410 e. The molecule has 0 saturated carbocycles. The van der Waals surface area contributed by atoms with Crippen LogP contribution in [0.5, 0.6) is 0 Å². The number of piperidine rings is 1. The van der Waals surface area contributed by atoms with E-state index in [9.17, 15) is 9.59 Å². The monoisotopic (exact) mass is 485 g/mol. The van der Waals surface area contributed by atoms with E-state index in [1.54, 1.807) is 17.2 Å². The zero-order chi connectivity index (χ0) is 24.0. The van der Waals surface area contributed by atoms with E-state index < -0.39 is 5.60 Å². The van der Waals surface area contributed by atoms with Gasteiger partial charge in [-0.3, -0.25) is 9.69 Å². The highest BCUT2D eigenvalue weighted by Gasteiger charge is 2.49. The van der Waals surface area contributed by atoms with Crippen molar-refractivity contribution in [2.75, 3.05) is 31.1 Å². The van der Waals surface area contributed by atoms with Crippen molar-refractivity contribution in [3.63, 3.8) is 0 Å². The van der Waals surface area contributed by atoms with Gasteiger partial charge in [0.15, 0.2) is 5.58 Å². The molecule has 0 aliphatic carbocycles. The number of carbonyl (C=O) groups is 2. The smallest absolute Gasteiger partial charge is 0.410 e. The van der Waals surface area contributed by atoms with Crippen LogP contribution in [0.25, 0.3) is 21.7 Å². The van der Waals surface area contributed by atoms with Gasteiger partial charge in [-0.2, -0.15) is 4.98 Å².